The zero-order chi connectivity index (χ0) is 14.6. The van der Waals surface area contributed by atoms with Crippen LogP contribution in [0.3, 0.4) is 0 Å². The topological polar surface area (TPSA) is 41.1 Å². The van der Waals surface area contributed by atoms with E-state index in [-0.39, 0.29) is 11.5 Å². The maximum Gasteiger partial charge on any atom is 0.416 e. The van der Waals surface area contributed by atoms with Gasteiger partial charge in [0.2, 0.25) is 0 Å². The van der Waals surface area contributed by atoms with Gasteiger partial charge < -0.3 is 10.6 Å². The summed E-state index contributed by atoms with van der Waals surface area (Å²) >= 11 is 0. The average molecular weight is 286 g/mol. The molecular weight excluding hydrogens is 269 g/mol. The molecule has 2 rings (SSSR count). The predicted molar refractivity (Wildman–Crippen MR) is 69.4 cm³/mol. The van der Waals surface area contributed by atoms with E-state index in [1.807, 2.05) is 0 Å². The zero-order valence-electron chi connectivity index (χ0n) is 11.0. The second-order valence-corrected chi connectivity index (χ2v) is 4.91. The van der Waals surface area contributed by atoms with Gasteiger partial charge in [0, 0.05) is 18.2 Å². The maximum atomic E-state index is 12.4. The number of amides is 1. The van der Waals surface area contributed by atoms with Gasteiger partial charge in [0.25, 0.3) is 5.91 Å². The van der Waals surface area contributed by atoms with Gasteiger partial charge in [0.15, 0.2) is 0 Å². The zero-order valence-corrected chi connectivity index (χ0v) is 11.0. The number of nitrogens with one attached hydrogen (secondary N) is 2. The summed E-state index contributed by atoms with van der Waals surface area (Å²) < 4.78 is 37.2. The van der Waals surface area contributed by atoms with Crippen molar-refractivity contribution in [3.05, 3.63) is 35.4 Å². The van der Waals surface area contributed by atoms with Gasteiger partial charge in [-0.25, -0.2) is 0 Å². The standard InChI is InChI=1S/C14H17F3N2O/c15-14(16,17)11-5-3-10(4-6-11)13(20)19-9-7-12-2-1-8-18-12/h3-6,12,18H,1-2,7-9H2,(H,19,20)/t12-/m0/s1. The lowest BCUT2D eigenvalue weighted by Gasteiger charge is -2.11. The summed E-state index contributed by atoms with van der Waals surface area (Å²) in [5.74, 6) is -0.336. The van der Waals surface area contributed by atoms with Crippen molar-refractivity contribution >= 4 is 5.91 Å². The van der Waals surface area contributed by atoms with Crippen LogP contribution < -0.4 is 10.6 Å². The van der Waals surface area contributed by atoms with Crippen molar-refractivity contribution in [1.29, 1.82) is 0 Å². The normalized spacial score (nSPS) is 19.1. The molecular formula is C14H17F3N2O. The van der Waals surface area contributed by atoms with Crippen LogP contribution in [0.2, 0.25) is 0 Å². The van der Waals surface area contributed by atoms with Crippen molar-refractivity contribution in [1.82, 2.24) is 10.6 Å². The van der Waals surface area contributed by atoms with Crippen molar-refractivity contribution in [2.24, 2.45) is 0 Å². The Kier molecular flexibility index (Phi) is 4.65. The van der Waals surface area contributed by atoms with E-state index in [0.29, 0.717) is 12.6 Å². The van der Waals surface area contributed by atoms with E-state index in [4.69, 9.17) is 0 Å². The Morgan fingerprint density at radius 1 is 1.30 bits per heavy atom. The Morgan fingerprint density at radius 3 is 2.55 bits per heavy atom. The molecule has 6 heteroatoms. The Bertz CT molecular complexity index is 450. The molecule has 1 aromatic rings. The molecule has 0 bridgehead atoms. The highest BCUT2D eigenvalue weighted by Crippen LogP contribution is 2.29. The second-order valence-electron chi connectivity index (χ2n) is 4.91. The van der Waals surface area contributed by atoms with Crippen LogP contribution in [-0.4, -0.2) is 25.0 Å². The average Bonchev–Trinajstić information content (AvgIpc) is 2.91. The van der Waals surface area contributed by atoms with Crippen LogP contribution in [0.1, 0.15) is 35.2 Å². The Hall–Kier alpha value is -1.56. The molecule has 1 heterocycles. The van der Waals surface area contributed by atoms with Crippen molar-refractivity contribution in [2.75, 3.05) is 13.1 Å². The Labute approximate surface area is 115 Å². The van der Waals surface area contributed by atoms with Gasteiger partial charge in [0.1, 0.15) is 0 Å². The summed E-state index contributed by atoms with van der Waals surface area (Å²) in [7, 11) is 0. The fourth-order valence-corrected chi connectivity index (χ4v) is 2.28. The number of rotatable bonds is 4. The van der Waals surface area contributed by atoms with Gasteiger partial charge in [-0.2, -0.15) is 13.2 Å². The molecule has 1 aromatic carbocycles. The fraction of sp³-hybridized carbons (Fsp3) is 0.500. The minimum absolute atomic E-state index is 0.248. The summed E-state index contributed by atoms with van der Waals surface area (Å²) in [6.07, 6.45) is -1.27. The molecule has 0 spiro atoms. The number of alkyl halides is 3. The highest BCUT2D eigenvalue weighted by molar-refractivity contribution is 5.94. The first kappa shape index (κ1) is 14.8. The number of benzene rings is 1. The Balaban J connectivity index is 1.82. The molecule has 2 N–H and O–H groups in total. The minimum atomic E-state index is -4.37. The number of hydrogen-bond donors (Lipinski definition) is 2. The molecule has 0 saturated carbocycles. The van der Waals surface area contributed by atoms with E-state index in [1.165, 1.54) is 12.1 Å². The van der Waals surface area contributed by atoms with Gasteiger partial charge >= 0.3 is 6.18 Å². The smallest absolute Gasteiger partial charge is 0.352 e. The van der Waals surface area contributed by atoms with E-state index in [0.717, 1.165) is 37.9 Å². The first-order chi connectivity index (χ1) is 9.47. The summed E-state index contributed by atoms with van der Waals surface area (Å²) in [5, 5.41) is 6.04. The fourth-order valence-electron chi connectivity index (χ4n) is 2.28. The van der Waals surface area contributed by atoms with Gasteiger partial charge in [-0.15, -0.1) is 0 Å². The second kappa shape index (κ2) is 6.26. The third kappa shape index (κ3) is 3.96. The largest absolute Gasteiger partial charge is 0.416 e. The van der Waals surface area contributed by atoms with Gasteiger partial charge in [-0.3, -0.25) is 4.79 Å². The highest BCUT2D eigenvalue weighted by Gasteiger charge is 2.30. The number of carbonyl (C=O) groups excluding carboxylic acids is 1. The summed E-state index contributed by atoms with van der Waals surface area (Å²) in [5.41, 5.74) is -0.499. The molecule has 1 atom stereocenters. The van der Waals surface area contributed by atoms with Crippen LogP contribution in [0.25, 0.3) is 0 Å². The third-order valence-electron chi connectivity index (χ3n) is 3.42. The molecule has 0 unspecified atom stereocenters. The van der Waals surface area contributed by atoms with Crippen molar-refractivity contribution in [3.63, 3.8) is 0 Å². The van der Waals surface area contributed by atoms with Crippen LogP contribution in [0.4, 0.5) is 13.2 Å². The molecule has 1 amide bonds. The third-order valence-corrected chi connectivity index (χ3v) is 3.42. The van der Waals surface area contributed by atoms with Gasteiger partial charge in [-0.05, 0) is 50.1 Å². The van der Waals surface area contributed by atoms with E-state index in [2.05, 4.69) is 10.6 Å². The van der Waals surface area contributed by atoms with Crippen LogP contribution in [0, 0.1) is 0 Å². The highest BCUT2D eigenvalue weighted by atomic mass is 19.4. The van der Waals surface area contributed by atoms with Crippen molar-refractivity contribution in [3.8, 4) is 0 Å². The number of hydrogen-bond acceptors (Lipinski definition) is 2. The molecule has 1 fully saturated rings. The maximum absolute atomic E-state index is 12.4. The molecule has 0 aliphatic carbocycles. The lowest BCUT2D eigenvalue weighted by atomic mass is 10.1. The quantitative estimate of drug-likeness (QED) is 0.893. The molecule has 1 aliphatic heterocycles. The lowest BCUT2D eigenvalue weighted by Crippen LogP contribution is -2.30. The SMILES string of the molecule is O=C(NCC[C@@H]1CCCN1)c1ccc(C(F)(F)F)cc1. The van der Waals surface area contributed by atoms with E-state index < -0.39 is 11.7 Å². The van der Waals surface area contributed by atoms with Gasteiger partial charge in [0.05, 0.1) is 5.56 Å². The molecule has 1 saturated heterocycles. The van der Waals surface area contributed by atoms with Crippen LogP contribution in [0.5, 0.6) is 0 Å². The molecule has 3 nitrogen and oxygen atoms in total. The molecule has 1 aliphatic rings. The first-order valence-electron chi connectivity index (χ1n) is 6.65. The van der Waals surface area contributed by atoms with E-state index >= 15 is 0 Å². The minimum Gasteiger partial charge on any atom is -0.352 e. The lowest BCUT2D eigenvalue weighted by molar-refractivity contribution is -0.137. The molecule has 0 radical (unpaired) electrons. The van der Waals surface area contributed by atoms with Crippen LogP contribution in [0.15, 0.2) is 24.3 Å². The molecule has 0 aromatic heterocycles. The van der Waals surface area contributed by atoms with E-state index in [9.17, 15) is 18.0 Å². The number of carbonyl (C=O) groups is 1. The molecule has 110 valence electrons. The first-order valence-corrected chi connectivity index (χ1v) is 6.65. The van der Waals surface area contributed by atoms with E-state index in [1.54, 1.807) is 0 Å². The summed E-state index contributed by atoms with van der Waals surface area (Å²) in [6.45, 7) is 1.54. The molecule has 20 heavy (non-hydrogen) atoms. The van der Waals surface area contributed by atoms with Crippen LogP contribution >= 0.6 is 0 Å². The summed E-state index contributed by atoms with van der Waals surface area (Å²) in [6, 6.07) is 4.68. The predicted octanol–water partition coefficient (Wildman–Crippen LogP) is 2.58. The summed E-state index contributed by atoms with van der Waals surface area (Å²) in [4.78, 5) is 11.8. The van der Waals surface area contributed by atoms with Crippen molar-refractivity contribution < 1.29 is 18.0 Å². The van der Waals surface area contributed by atoms with Gasteiger partial charge in [-0.1, -0.05) is 0 Å². The Morgan fingerprint density at radius 2 is 2.00 bits per heavy atom. The monoisotopic (exact) mass is 286 g/mol. The van der Waals surface area contributed by atoms with Crippen molar-refractivity contribution in [2.45, 2.75) is 31.5 Å². The van der Waals surface area contributed by atoms with Crippen LogP contribution in [-0.2, 0) is 6.18 Å². The number of halogens is 3.